The lowest BCUT2D eigenvalue weighted by Crippen LogP contribution is -2.30. The van der Waals surface area contributed by atoms with Crippen molar-refractivity contribution >= 4 is 46.6 Å². The Morgan fingerprint density at radius 2 is 1.79 bits per heavy atom. The van der Waals surface area contributed by atoms with Gasteiger partial charge in [0.25, 0.3) is 0 Å². The molecule has 12 heteroatoms. The number of aldehydes is 1. The minimum atomic E-state index is -0.499. The molecule has 47 heavy (non-hydrogen) atoms. The van der Waals surface area contributed by atoms with Crippen LogP contribution < -0.4 is 10.6 Å². The van der Waals surface area contributed by atoms with Crippen molar-refractivity contribution in [1.82, 2.24) is 20.2 Å². The molecule has 0 aliphatic carbocycles. The minimum absolute atomic E-state index is 0.0882. The maximum Gasteiger partial charge on any atom is 0.407 e. The Balaban J connectivity index is 0.000000298. The molecule has 0 radical (unpaired) electrons. The summed E-state index contributed by atoms with van der Waals surface area (Å²) in [5, 5.41) is 5.61. The summed E-state index contributed by atoms with van der Waals surface area (Å²) in [4.78, 5) is 49.1. The summed E-state index contributed by atoms with van der Waals surface area (Å²) < 4.78 is 18.5. The van der Waals surface area contributed by atoms with Crippen molar-refractivity contribution in [1.29, 1.82) is 0 Å². The molecule has 2 amide bonds. The van der Waals surface area contributed by atoms with E-state index in [2.05, 4.69) is 25.6 Å². The number of carbonyl (C=O) groups excluding carboxylic acids is 3. The van der Waals surface area contributed by atoms with Crippen LogP contribution in [-0.2, 0) is 27.5 Å². The molecule has 1 saturated heterocycles. The molecule has 1 fully saturated rings. The SMILES string of the molecule is CC.CNc1ccc(C2SC(=Nc3cccc(F)c3)N(Cc3cnc(C)cn3)C2=O)cc1.O=CCCNC(=O)OCc1ccccc1. The molecular weight excluding hydrogens is 619 g/mol. The maximum atomic E-state index is 13.6. The van der Waals surface area contributed by atoms with Gasteiger partial charge in [-0.1, -0.05) is 74.1 Å². The number of thioether (sulfide) groups is 1. The predicted molar refractivity (Wildman–Crippen MR) is 184 cm³/mol. The van der Waals surface area contributed by atoms with Crippen molar-refractivity contribution in [2.45, 2.75) is 45.6 Å². The lowest BCUT2D eigenvalue weighted by molar-refractivity contribution is -0.126. The lowest BCUT2D eigenvalue weighted by Gasteiger charge is -2.16. The van der Waals surface area contributed by atoms with Crippen molar-refractivity contribution in [3.05, 3.63) is 120 Å². The van der Waals surface area contributed by atoms with Crippen LogP contribution in [-0.4, -0.2) is 51.9 Å². The van der Waals surface area contributed by atoms with Crippen LogP contribution in [0.3, 0.4) is 0 Å². The Morgan fingerprint density at radius 1 is 1.04 bits per heavy atom. The molecule has 1 unspecified atom stereocenters. The molecule has 10 nitrogen and oxygen atoms in total. The molecule has 1 aliphatic rings. The number of aromatic nitrogens is 2. The Hall–Kier alpha value is -5.10. The van der Waals surface area contributed by atoms with Crippen LogP contribution in [0.4, 0.5) is 20.6 Å². The molecule has 5 rings (SSSR count). The number of amidine groups is 1. The smallest absolute Gasteiger partial charge is 0.407 e. The summed E-state index contributed by atoms with van der Waals surface area (Å²) in [7, 11) is 1.85. The highest BCUT2D eigenvalue weighted by Gasteiger charge is 2.39. The van der Waals surface area contributed by atoms with E-state index in [4.69, 9.17) is 4.74 Å². The Labute approximate surface area is 278 Å². The summed E-state index contributed by atoms with van der Waals surface area (Å²) in [6.45, 7) is 6.67. The van der Waals surface area contributed by atoms with E-state index in [1.165, 1.54) is 23.9 Å². The number of hydrogen-bond donors (Lipinski definition) is 2. The van der Waals surface area contributed by atoms with Crippen LogP contribution in [0, 0.1) is 12.7 Å². The van der Waals surface area contributed by atoms with E-state index in [0.717, 1.165) is 28.8 Å². The second kappa shape index (κ2) is 19.4. The fourth-order valence-corrected chi connectivity index (χ4v) is 5.22. The molecule has 246 valence electrons. The largest absolute Gasteiger partial charge is 0.445 e. The number of alkyl carbamates (subject to hydrolysis) is 1. The number of ether oxygens (including phenoxy) is 1. The summed E-state index contributed by atoms with van der Waals surface area (Å²) in [6.07, 6.45) is 3.88. The van der Waals surface area contributed by atoms with E-state index in [1.54, 1.807) is 29.4 Å². The third-order valence-corrected chi connectivity index (χ3v) is 7.61. The minimum Gasteiger partial charge on any atom is -0.445 e. The number of amides is 2. The van der Waals surface area contributed by atoms with E-state index in [0.29, 0.717) is 29.5 Å². The van der Waals surface area contributed by atoms with Crippen LogP contribution in [0.25, 0.3) is 0 Å². The summed E-state index contributed by atoms with van der Waals surface area (Å²) >= 11 is 1.35. The lowest BCUT2D eigenvalue weighted by atomic mass is 10.1. The first-order valence-corrected chi connectivity index (χ1v) is 16.0. The predicted octanol–water partition coefficient (Wildman–Crippen LogP) is 7.00. The second-order valence-corrected chi connectivity index (χ2v) is 10.8. The van der Waals surface area contributed by atoms with Crippen LogP contribution in [0.5, 0.6) is 0 Å². The zero-order chi connectivity index (χ0) is 34.0. The van der Waals surface area contributed by atoms with Gasteiger partial charge in [-0.15, -0.1) is 0 Å². The Kier molecular flexibility index (Phi) is 15.0. The van der Waals surface area contributed by atoms with Gasteiger partial charge >= 0.3 is 6.09 Å². The highest BCUT2D eigenvalue weighted by Crippen LogP contribution is 2.41. The van der Waals surface area contributed by atoms with Gasteiger partial charge in [0.15, 0.2) is 5.17 Å². The van der Waals surface area contributed by atoms with E-state index in [9.17, 15) is 18.8 Å². The zero-order valence-electron chi connectivity index (χ0n) is 26.9. The van der Waals surface area contributed by atoms with Gasteiger partial charge < -0.3 is 20.2 Å². The number of carbonyl (C=O) groups is 3. The van der Waals surface area contributed by atoms with Gasteiger partial charge in [-0.25, -0.2) is 14.2 Å². The zero-order valence-corrected chi connectivity index (χ0v) is 27.7. The van der Waals surface area contributed by atoms with Crippen LogP contribution in [0.15, 0.2) is 96.2 Å². The standard InChI is InChI=1S/C22H20FN5OS.C11H13NO3.C2H6/c1-14-11-26-19(12-25-14)13-28-21(29)20(15-6-8-17(24-2)9-7-15)30-22(28)27-18-5-3-4-16(23)10-18;13-8-4-7-12-11(14)15-9-10-5-2-1-3-6-10;1-2/h3-12,20,24H,13H2,1-2H3;1-3,5-6,8H,4,7,9H2,(H,12,14);1-2H3. The number of hydrogen-bond acceptors (Lipinski definition) is 9. The van der Waals surface area contributed by atoms with Crippen molar-refractivity contribution in [2.24, 2.45) is 4.99 Å². The molecule has 1 atom stereocenters. The van der Waals surface area contributed by atoms with Crippen molar-refractivity contribution in [3.63, 3.8) is 0 Å². The molecule has 4 aromatic rings. The number of rotatable bonds is 10. The van der Waals surface area contributed by atoms with Gasteiger partial charge in [0.05, 0.1) is 29.8 Å². The number of anilines is 1. The average Bonchev–Trinajstić information content (AvgIpc) is 3.40. The summed E-state index contributed by atoms with van der Waals surface area (Å²) in [5.74, 6) is -0.462. The molecule has 0 spiro atoms. The second-order valence-electron chi connectivity index (χ2n) is 9.76. The topological polar surface area (TPSA) is 126 Å². The molecule has 0 saturated carbocycles. The maximum absolute atomic E-state index is 13.6. The first-order chi connectivity index (χ1) is 22.9. The molecule has 1 aromatic heterocycles. The summed E-state index contributed by atoms with van der Waals surface area (Å²) in [6, 6.07) is 23.1. The summed E-state index contributed by atoms with van der Waals surface area (Å²) in [5.41, 5.74) is 4.70. The van der Waals surface area contributed by atoms with E-state index < -0.39 is 11.3 Å². The van der Waals surface area contributed by atoms with Gasteiger partial charge in [0, 0.05) is 31.9 Å². The number of aliphatic imine (C=N–C) groups is 1. The van der Waals surface area contributed by atoms with E-state index in [-0.39, 0.29) is 24.9 Å². The highest BCUT2D eigenvalue weighted by atomic mass is 32.2. The van der Waals surface area contributed by atoms with Gasteiger partial charge in [0.2, 0.25) is 5.91 Å². The number of benzene rings is 3. The number of nitrogens with one attached hydrogen (secondary N) is 2. The highest BCUT2D eigenvalue weighted by molar-refractivity contribution is 8.15. The van der Waals surface area contributed by atoms with Crippen molar-refractivity contribution in [3.8, 4) is 0 Å². The molecule has 3 aromatic carbocycles. The normalized spacial score (nSPS) is 14.3. The third-order valence-electron chi connectivity index (χ3n) is 6.38. The van der Waals surface area contributed by atoms with Crippen LogP contribution in [0.2, 0.25) is 0 Å². The van der Waals surface area contributed by atoms with E-state index >= 15 is 0 Å². The Bertz CT molecular complexity index is 1600. The molecule has 2 N–H and O–H groups in total. The van der Waals surface area contributed by atoms with Gasteiger partial charge in [-0.3, -0.25) is 19.7 Å². The first kappa shape index (κ1) is 36.4. The monoisotopic (exact) mass is 658 g/mol. The average molecular weight is 659 g/mol. The Morgan fingerprint density at radius 3 is 2.43 bits per heavy atom. The van der Waals surface area contributed by atoms with Crippen molar-refractivity contribution < 1.29 is 23.5 Å². The van der Waals surface area contributed by atoms with E-state index in [1.807, 2.05) is 82.4 Å². The molecule has 0 bridgehead atoms. The number of aryl methyl sites for hydroxylation is 1. The molecule has 2 heterocycles. The van der Waals surface area contributed by atoms with Gasteiger partial charge in [-0.2, -0.15) is 0 Å². The van der Waals surface area contributed by atoms with Crippen LogP contribution in [0.1, 0.15) is 48.0 Å². The van der Waals surface area contributed by atoms with Gasteiger partial charge in [0.1, 0.15) is 24.0 Å². The number of halogens is 1. The first-order valence-electron chi connectivity index (χ1n) is 15.1. The molecule has 1 aliphatic heterocycles. The fraction of sp³-hybridized carbons (Fsp3) is 0.257. The third kappa shape index (κ3) is 11.6. The van der Waals surface area contributed by atoms with Crippen LogP contribution >= 0.6 is 11.8 Å². The molecular formula is C35H39FN6O4S. The quantitative estimate of drug-likeness (QED) is 0.138. The van der Waals surface area contributed by atoms with Crippen molar-refractivity contribution in [2.75, 3.05) is 18.9 Å². The fourth-order valence-electron chi connectivity index (χ4n) is 4.05. The van der Waals surface area contributed by atoms with Gasteiger partial charge in [-0.05, 0) is 48.4 Å². The number of nitrogens with zero attached hydrogens (tertiary/aromatic N) is 4.